The molecular formula is C12H17N3S. The molecule has 2 heterocycles. The molecule has 3 nitrogen and oxygen atoms in total. The van der Waals surface area contributed by atoms with Gasteiger partial charge < -0.3 is 5.32 Å². The summed E-state index contributed by atoms with van der Waals surface area (Å²) in [7, 11) is 0. The van der Waals surface area contributed by atoms with Gasteiger partial charge in [0.25, 0.3) is 0 Å². The lowest BCUT2D eigenvalue weighted by Gasteiger charge is -2.21. The minimum atomic E-state index is 0.472. The number of rotatable bonds is 4. The molecule has 0 amide bonds. The van der Waals surface area contributed by atoms with Gasteiger partial charge in [-0.3, -0.25) is 0 Å². The maximum Gasteiger partial charge on any atom is 0.147 e. The van der Waals surface area contributed by atoms with Gasteiger partial charge >= 0.3 is 0 Å². The van der Waals surface area contributed by atoms with Crippen molar-refractivity contribution in [3.8, 4) is 0 Å². The second-order valence-electron chi connectivity index (χ2n) is 4.26. The standard InChI is InChI=1S/C12H17N3S/c1-4-9(8(2)3)15-12-11-10(5-6-16-11)13-7-14-12/h5-9H,4H2,1-3H3,(H,13,14,15). The number of thiophene rings is 1. The van der Waals surface area contributed by atoms with Crippen molar-refractivity contribution in [2.45, 2.75) is 33.2 Å². The van der Waals surface area contributed by atoms with Gasteiger partial charge in [0, 0.05) is 6.04 Å². The third-order valence-electron chi connectivity index (χ3n) is 2.81. The molecule has 0 aliphatic carbocycles. The molecular weight excluding hydrogens is 218 g/mol. The molecule has 2 rings (SSSR count). The second kappa shape index (κ2) is 4.78. The van der Waals surface area contributed by atoms with E-state index >= 15 is 0 Å². The van der Waals surface area contributed by atoms with Crippen molar-refractivity contribution < 1.29 is 0 Å². The first kappa shape index (κ1) is 11.3. The number of fused-ring (bicyclic) bond motifs is 1. The highest BCUT2D eigenvalue weighted by atomic mass is 32.1. The lowest BCUT2D eigenvalue weighted by molar-refractivity contribution is 0.510. The highest BCUT2D eigenvalue weighted by Crippen LogP contribution is 2.26. The van der Waals surface area contributed by atoms with Gasteiger partial charge in [0.2, 0.25) is 0 Å². The van der Waals surface area contributed by atoms with Crippen LogP contribution in [0.5, 0.6) is 0 Å². The summed E-state index contributed by atoms with van der Waals surface area (Å²) >= 11 is 1.69. The Morgan fingerprint density at radius 1 is 1.38 bits per heavy atom. The van der Waals surface area contributed by atoms with Crippen LogP contribution in [0.3, 0.4) is 0 Å². The van der Waals surface area contributed by atoms with Crippen LogP contribution in [0.2, 0.25) is 0 Å². The average Bonchev–Trinajstić information content (AvgIpc) is 2.73. The first-order chi connectivity index (χ1) is 7.72. The molecule has 0 saturated heterocycles. The summed E-state index contributed by atoms with van der Waals surface area (Å²) in [4.78, 5) is 8.58. The highest BCUT2D eigenvalue weighted by molar-refractivity contribution is 7.17. The fourth-order valence-electron chi connectivity index (χ4n) is 1.81. The number of anilines is 1. The van der Waals surface area contributed by atoms with Crippen molar-refractivity contribution in [1.29, 1.82) is 0 Å². The zero-order valence-electron chi connectivity index (χ0n) is 9.90. The summed E-state index contributed by atoms with van der Waals surface area (Å²) in [5, 5.41) is 5.57. The topological polar surface area (TPSA) is 37.8 Å². The summed E-state index contributed by atoms with van der Waals surface area (Å²) in [6.45, 7) is 6.66. The molecule has 1 unspecified atom stereocenters. The maximum atomic E-state index is 4.34. The van der Waals surface area contributed by atoms with Crippen LogP contribution in [0.15, 0.2) is 17.8 Å². The molecule has 16 heavy (non-hydrogen) atoms. The summed E-state index contributed by atoms with van der Waals surface area (Å²) in [5.74, 6) is 1.58. The quantitative estimate of drug-likeness (QED) is 0.880. The van der Waals surface area contributed by atoms with Crippen molar-refractivity contribution >= 4 is 27.4 Å². The van der Waals surface area contributed by atoms with E-state index in [-0.39, 0.29) is 0 Å². The Morgan fingerprint density at radius 2 is 2.19 bits per heavy atom. The number of aromatic nitrogens is 2. The van der Waals surface area contributed by atoms with Crippen LogP contribution in [0.4, 0.5) is 5.82 Å². The first-order valence-electron chi connectivity index (χ1n) is 5.67. The van der Waals surface area contributed by atoms with Crippen molar-refractivity contribution in [3.05, 3.63) is 17.8 Å². The van der Waals surface area contributed by atoms with Crippen LogP contribution < -0.4 is 5.32 Å². The molecule has 4 heteroatoms. The molecule has 0 saturated carbocycles. The Labute approximate surface area is 99.9 Å². The smallest absolute Gasteiger partial charge is 0.147 e. The van der Waals surface area contributed by atoms with E-state index in [9.17, 15) is 0 Å². The van der Waals surface area contributed by atoms with Crippen LogP contribution >= 0.6 is 11.3 Å². The molecule has 0 spiro atoms. The van der Waals surface area contributed by atoms with Crippen molar-refractivity contribution in [2.24, 2.45) is 5.92 Å². The van der Waals surface area contributed by atoms with E-state index in [0.717, 1.165) is 22.5 Å². The monoisotopic (exact) mass is 235 g/mol. The summed E-state index contributed by atoms with van der Waals surface area (Å²) in [6, 6.07) is 2.50. The van der Waals surface area contributed by atoms with E-state index in [2.05, 4.69) is 41.4 Å². The van der Waals surface area contributed by atoms with Gasteiger partial charge in [0.05, 0.1) is 10.2 Å². The van der Waals surface area contributed by atoms with E-state index in [1.807, 2.05) is 6.07 Å². The van der Waals surface area contributed by atoms with Crippen LogP contribution in [0.1, 0.15) is 27.2 Å². The zero-order valence-corrected chi connectivity index (χ0v) is 10.7. The highest BCUT2D eigenvalue weighted by Gasteiger charge is 2.13. The summed E-state index contributed by atoms with van der Waals surface area (Å²) < 4.78 is 1.15. The van der Waals surface area contributed by atoms with Crippen molar-refractivity contribution in [3.63, 3.8) is 0 Å². The Kier molecular flexibility index (Phi) is 3.39. The molecule has 0 radical (unpaired) electrons. The molecule has 0 aliphatic rings. The van der Waals surface area contributed by atoms with E-state index < -0.39 is 0 Å². The third kappa shape index (κ3) is 2.16. The van der Waals surface area contributed by atoms with Crippen LogP contribution in [0, 0.1) is 5.92 Å². The lowest BCUT2D eigenvalue weighted by Crippen LogP contribution is -2.25. The normalized spacial score (nSPS) is 13.2. The molecule has 2 aromatic heterocycles. The average molecular weight is 235 g/mol. The zero-order chi connectivity index (χ0) is 11.5. The fraction of sp³-hybridized carbons (Fsp3) is 0.500. The molecule has 0 aromatic carbocycles. The molecule has 0 bridgehead atoms. The molecule has 2 aromatic rings. The minimum Gasteiger partial charge on any atom is -0.366 e. The third-order valence-corrected chi connectivity index (χ3v) is 3.72. The van der Waals surface area contributed by atoms with Gasteiger partial charge in [-0.2, -0.15) is 0 Å². The summed E-state index contributed by atoms with van der Waals surface area (Å²) in [6.07, 6.45) is 2.74. The fourth-order valence-corrected chi connectivity index (χ4v) is 2.61. The molecule has 0 fully saturated rings. The number of hydrogen-bond acceptors (Lipinski definition) is 4. The predicted octanol–water partition coefficient (Wildman–Crippen LogP) is 3.54. The Morgan fingerprint density at radius 3 is 2.88 bits per heavy atom. The van der Waals surface area contributed by atoms with Gasteiger partial charge in [-0.25, -0.2) is 9.97 Å². The van der Waals surface area contributed by atoms with Gasteiger partial charge in [0.1, 0.15) is 12.1 Å². The van der Waals surface area contributed by atoms with Crippen molar-refractivity contribution in [1.82, 2.24) is 9.97 Å². The Bertz CT molecular complexity index is 464. The second-order valence-corrected chi connectivity index (χ2v) is 5.18. The van der Waals surface area contributed by atoms with Gasteiger partial charge in [0.15, 0.2) is 0 Å². The Hall–Kier alpha value is -1.16. The van der Waals surface area contributed by atoms with Gasteiger partial charge in [-0.15, -0.1) is 11.3 Å². The SMILES string of the molecule is CCC(Nc1ncnc2ccsc12)C(C)C. The van der Waals surface area contributed by atoms with Crippen LogP contribution in [-0.4, -0.2) is 16.0 Å². The summed E-state index contributed by atoms with van der Waals surface area (Å²) in [5.41, 5.74) is 1.03. The molecule has 1 atom stereocenters. The van der Waals surface area contributed by atoms with Gasteiger partial charge in [-0.05, 0) is 23.8 Å². The largest absolute Gasteiger partial charge is 0.366 e. The minimum absolute atomic E-state index is 0.472. The van der Waals surface area contributed by atoms with E-state index in [1.165, 1.54) is 0 Å². The van der Waals surface area contributed by atoms with Gasteiger partial charge in [-0.1, -0.05) is 20.8 Å². The van der Waals surface area contributed by atoms with Crippen LogP contribution in [-0.2, 0) is 0 Å². The predicted molar refractivity (Wildman–Crippen MR) is 70.0 cm³/mol. The number of nitrogens with one attached hydrogen (secondary N) is 1. The van der Waals surface area contributed by atoms with E-state index in [4.69, 9.17) is 0 Å². The molecule has 0 aliphatic heterocycles. The first-order valence-corrected chi connectivity index (χ1v) is 6.55. The molecule has 1 N–H and O–H groups in total. The van der Waals surface area contributed by atoms with Crippen molar-refractivity contribution in [2.75, 3.05) is 5.32 Å². The van der Waals surface area contributed by atoms with Crippen LogP contribution in [0.25, 0.3) is 10.2 Å². The lowest BCUT2D eigenvalue weighted by atomic mass is 10.0. The van der Waals surface area contributed by atoms with E-state index in [1.54, 1.807) is 17.7 Å². The maximum absolute atomic E-state index is 4.34. The number of nitrogens with zero attached hydrogens (tertiary/aromatic N) is 2. The number of hydrogen-bond donors (Lipinski definition) is 1. The van der Waals surface area contributed by atoms with E-state index in [0.29, 0.717) is 12.0 Å². The molecule has 86 valence electrons. The Balaban J connectivity index is 2.29.